The molecular formula is C22H23ClN4O. The number of nitrogens with one attached hydrogen (secondary N) is 2. The van der Waals surface area contributed by atoms with Crippen molar-refractivity contribution in [2.45, 2.75) is 25.4 Å². The molecule has 1 fully saturated rings. The van der Waals surface area contributed by atoms with Gasteiger partial charge in [-0.2, -0.15) is 5.26 Å². The second-order valence-electron chi connectivity index (χ2n) is 6.84. The van der Waals surface area contributed by atoms with Crippen LogP contribution in [0.4, 0.5) is 5.69 Å². The SMILES string of the molecule is N#C/C(=C/NC1CCN(Cc2ccccc2)CC1)C(=O)Nc1cccc(Cl)c1. The first-order chi connectivity index (χ1) is 13.6. The Kier molecular flexibility index (Phi) is 7.07. The molecule has 0 radical (unpaired) electrons. The molecule has 6 heteroatoms. The lowest BCUT2D eigenvalue weighted by Gasteiger charge is -2.32. The summed E-state index contributed by atoms with van der Waals surface area (Å²) < 4.78 is 0. The van der Waals surface area contributed by atoms with Crippen molar-refractivity contribution >= 4 is 23.2 Å². The van der Waals surface area contributed by atoms with Crippen molar-refractivity contribution in [3.8, 4) is 6.07 Å². The smallest absolute Gasteiger partial charge is 0.267 e. The molecule has 0 bridgehead atoms. The molecule has 1 aliphatic rings. The Bertz CT molecular complexity index is 868. The minimum absolute atomic E-state index is 0.0479. The zero-order valence-electron chi connectivity index (χ0n) is 15.6. The fraction of sp³-hybridized carbons (Fsp3) is 0.273. The normalized spacial score (nSPS) is 15.6. The molecule has 1 aliphatic heterocycles. The number of piperidine rings is 1. The van der Waals surface area contributed by atoms with E-state index in [0.717, 1.165) is 32.5 Å². The molecule has 2 N–H and O–H groups in total. The number of halogens is 1. The molecule has 144 valence electrons. The van der Waals surface area contributed by atoms with Gasteiger partial charge in [0.15, 0.2) is 0 Å². The van der Waals surface area contributed by atoms with Crippen molar-refractivity contribution in [3.63, 3.8) is 0 Å². The van der Waals surface area contributed by atoms with E-state index in [2.05, 4.69) is 39.8 Å². The molecule has 0 aromatic heterocycles. The van der Waals surface area contributed by atoms with Gasteiger partial charge in [0, 0.05) is 42.6 Å². The van der Waals surface area contributed by atoms with Gasteiger partial charge in [-0.15, -0.1) is 0 Å². The number of hydrogen-bond donors (Lipinski definition) is 2. The van der Waals surface area contributed by atoms with Gasteiger partial charge < -0.3 is 10.6 Å². The molecule has 2 aromatic rings. The topological polar surface area (TPSA) is 68.2 Å². The first-order valence-corrected chi connectivity index (χ1v) is 9.71. The highest BCUT2D eigenvalue weighted by Crippen LogP contribution is 2.16. The third-order valence-corrected chi connectivity index (χ3v) is 4.98. The summed E-state index contributed by atoms with van der Waals surface area (Å²) >= 11 is 5.92. The van der Waals surface area contributed by atoms with Gasteiger partial charge in [0.1, 0.15) is 11.6 Å². The van der Waals surface area contributed by atoms with E-state index in [0.29, 0.717) is 10.7 Å². The van der Waals surface area contributed by atoms with Gasteiger partial charge >= 0.3 is 0 Å². The minimum atomic E-state index is -0.446. The summed E-state index contributed by atoms with van der Waals surface area (Å²) in [4.78, 5) is 14.7. The van der Waals surface area contributed by atoms with Crippen molar-refractivity contribution in [3.05, 3.63) is 77.0 Å². The molecule has 1 saturated heterocycles. The Labute approximate surface area is 170 Å². The second-order valence-corrected chi connectivity index (χ2v) is 7.27. The van der Waals surface area contributed by atoms with E-state index in [-0.39, 0.29) is 11.6 Å². The van der Waals surface area contributed by atoms with Crippen LogP contribution in [0.3, 0.4) is 0 Å². The summed E-state index contributed by atoms with van der Waals surface area (Å²) in [7, 11) is 0. The van der Waals surface area contributed by atoms with Crippen LogP contribution in [0.15, 0.2) is 66.4 Å². The van der Waals surface area contributed by atoms with Crippen LogP contribution in [0, 0.1) is 11.3 Å². The fourth-order valence-corrected chi connectivity index (χ4v) is 3.40. The predicted octanol–water partition coefficient (Wildman–Crippen LogP) is 3.94. The molecular weight excluding hydrogens is 372 g/mol. The standard InChI is InChI=1S/C22H23ClN4O/c23-19-7-4-8-21(13-19)26-22(28)18(14-24)15-25-20-9-11-27(12-10-20)16-17-5-2-1-3-6-17/h1-8,13,15,20,25H,9-12,16H2,(H,26,28)/b18-15-. The van der Waals surface area contributed by atoms with Crippen LogP contribution < -0.4 is 10.6 Å². The maximum atomic E-state index is 12.3. The summed E-state index contributed by atoms with van der Waals surface area (Å²) in [5.74, 6) is -0.446. The monoisotopic (exact) mass is 394 g/mol. The number of amides is 1. The Morgan fingerprint density at radius 3 is 2.61 bits per heavy atom. The lowest BCUT2D eigenvalue weighted by Crippen LogP contribution is -2.40. The first kappa shape index (κ1) is 19.9. The number of carbonyl (C=O) groups excluding carboxylic acids is 1. The van der Waals surface area contributed by atoms with Crippen molar-refractivity contribution < 1.29 is 4.79 Å². The van der Waals surface area contributed by atoms with E-state index < -0.39 is 5.91 Å². The van der Waals surface area contributed by atoms with Crippen LogP contribution in [-0.4, -0.2) is 29.9 Å². The number of hydrogen-bond acceptors (Lipinski definition) is 4. The highest BCUT2D eigenvalue weighted by Gasteiger charge is 2.19. The van der Waals surface area contributed by atoms with Crippen molar-refractivity contribution in [2.24, 2.45) is 0 Å². The number of rotatable bonds is 6. The molecule has 2 aromatic carbocycles. The summed E-state index contributed by atoms with van der Waals surface area (Å²) in [6, 6.07) is 19.5. The highest BCUT2D eigenvalue weighted by molar-refractivity contribution is 6.31. The maximum Gasteiger partial charge on any atom is 0.267 e. The molecule has 0 unspecified atom stereocenters. The Morgan fingerprint density at radius 2 is 1.93 bits per heavy atom. The van der Waals surface area contributed by atoms with Gasteiger partial charge in [-0.1, -0.05) is 48.0 Å². The van der Waals surface area contributed by atoms with Gasteiger partial charge in [-0.05, 0) is 36.6 Å². The van der Waals surface area contributed by atoms with Gasteiger partial charge in [0.2, 0.25) is 0 Å². The lowest BCUT2D eigenvalue weighted by molar-refractivity contribution is -0.112. The third kappa shape index (κ3) is 5.85. The third-order valence-electron chi connectivity index (χ3n) is 4.75. The average molecular weight is 395 g/mol. The second kappa shape index (κ2) is 9.93. The Balaban J connectivity index is 1.48. The fourth-order valence-electron chi connectivity index (χ4n) is 3.21. The summed E-state index contributed by atoms with van der Waals surface area (Å²) in [5, 5.41) is 15.8. The van der Waals surface area contributed by atoms with Gasteiger partial charge in [-0.25, -0.2) is 0 Å². The van der Waals surface area contributed by atoms with Crippen molar-refractivity contribution in [1.82, 2.24) is 10.2 Å². The lowest BCUT2D eigenvalue weighted by atomic mass is 10.0. The molecule has 1 amide bonds. The summed E-state index contributed by atoms with van der Waals surface area (Å²) in [6.07, 6.45) is 3.47. The molecule has 0 aliphatic carbocycles. The van der Waals surface area contributed by atoms with Crippen LogP contribution in [0.1, 0.15) is 18.4 Å². The Morgan fingerprint density at radius 1 is 1.18 bits per heavy atom. The molecule has 0 atom stereocenters. The first-order valence-electron chi connectivity index (χ1n) is 9.33. The van der Waals surface area contributed by atoms with Crippen LogP contribution in [-0.2, 0) is 11.3 Å². The predicted molar refractivity (Wildman–Crippen MR) is 112 cm³/mol. The zero-order valence-corrected chi connectivity index (χ0v) is 16.3. The minimum Gasteiger partial charge on any atom is -0.387 e. The maximum absolute atomic E-state index is 12.3. The highest BCUT2D eigenvalue weighted by atomic mass is 35.5. The van der Waals surface area contributed by atoms with Crippen molar-refractivity contribution in [2.75, 3.05) is 18.4 Å². The zero-order chi connectivity index (χ0) is 19.8. The van der Waals surface area contributed by atoms with E-state index in [4.69, 9.17) is 11.6 Å². The number of anilines is 1. The number of nitrogens with zero attached hydrogens (tertiary/aromatic N) is 2. The molecule has 5 nitrogen and oxygen atoms in total. The van der Waals surface area contributed by atoms with Gasteiger partial charge in [0.05, 0.1) is 0 Å². The van der Waals surface area contributed by atoms with Gasteiger partial charge in [-0.3, -0.25) is 9.69 Å². The average Bonchev–Trinajstić information content (AvgIpc) is 2.70. The molecule has 3 rings (SSSR count). The van der Waals surface area contributed by atoms with Crippen LogP contribution in [0.5, 0.6) is 0 Å². The molecule has 28 heavy (non-hydrogen) atoms. The van der Waals surface area contributed by atoms with Gasteiger partial charge in [0.25, 0.3) is 5.91 Å². The van der Waals surface area contributed by atoms with E-state index in [1.807, 2.05) is 12.1 Å². The number of nitriles is 1. The largest absolute Gasteiger partial charge is 0.387 e. The van der Waals surface area contributed by atoms with Crippen LogP contribution >= 0.6 is 11.6 Å². The molecule has 0 spiro atoms. The summed E-state index contributed by atoms with van der Waals surface area (Å²) in [6.45, 7) is 2.92. The van der Waals surface area contributed by atoms with Crippen LogP contribution in [0.25, 0.3) is 0 Å². The van der Waals surface area contributed by atoms with Crippen molar-refractivity contribution in [1.29, 1.82) is 5.26 Å². The van der Waals surface area contributed by atoms with E-state index in [9.17, 15) is 10.1 Å². The summed E-state index contributed by atoms with van der Waals surface area (Å²) in [5.41, 5.74) is 1.93. The van der Waals surface area contributed by atoms with E-state index >= 15 is 0 Å². The number of benzene rings is 2. The molecule has 0 saturated carbocycles. The molecule has 1 heterocycles. The van der Waals surface area contributed by atoms with E-state index in [1.54, 1.807) is 24.3 Å². The van der Waals surface area contributed by atoms with E-state index in [1.165, 1.54) is 11.8 Å². The number of carbonyl (C=O) groups is 1. The number of likely N-dealkylation sites (tertiary alicyclic amines) is 1. The Hall–Kier alpha value is -2.81. The van der Waals surface area contributed by atoms with Crippen LogP contribution in [0.2, 0.25) is 5.02 Å². The quantitative estimate of drug-likeness (QED) is 0.575.